The van der Waals surface area contributed by atoms with Crippen molar-refractivity contribution in [3.63, 3.8) is 0 Å². The molecule has 1 aliphatic heterocycles. The Hall–Kier alpha value is -1.96. The van der Waals surface area contributed by atoms with Crippen LogP contribution in [0.2, 0.25) is 0 Å². The van der Waals surface area contributed by atoms with Crippen molar-refractivity contribution < 1.29 is 9.90 Å². The number of nitrogens with one attached hydrogen (secondary N) is 2. The molecule has 8 heteroatoms. The predicted octanol–water partition coefficient (Wildman–Crippen LogP) is -1.06. The van der Waals surface area contributed by atoms with E-state index in [4.69, 9.17) is 10.5 Å². The molecule has 1 aromatic heterocycles. The number of likely N-dealkylation sites (N-methyl/N-ethyl adjacent to an activating group) is 1. The Bertz CT molecular complexity index is 428. The summed E-state index contributed by atoms with van der Waals surface area (Å²) in [4.78, 5) is 12.7. The molecule has 2 heterocycles. The van der Waals surface area contributed by atoms with Crippen molar-refractivity contribution in [1.82, 2.24) is 25.2 Å². The van der Waals surface area contributed by atoms with Crippen LogP contribution in [-0.2, 0) is 6.54 Å². The minimum atomic E-state index is -0.514. The monoisotopic (exact) mass is 224 g/mol. The minimum absolute atomic E-state index is 0.0298. The molecule has 1 saturated heterocycles. The molecule has 0 aliphatic carbocycles. The van der Waals surface area contributed by atoms with E-state index in [1.165, 1.54) is 9.58 Å². The van der Waals surface area contributed by atoms with Crippen LogP contribution < -0.4 is 5.32 Å². The van der Waals surface area contributed by atoms with Gasteiger partial charge in [-0.1, -0.05) is 5.21 Å². The van der Waals surface area contributed by atoms with Gasteiger partial charge in [0.25, 0.3) is 0 Å². The lowest BCUT2D eigenvalue weighted by Gasteiger charge is -2.13. The van der Waals surface area contributed by atoms with Gasteiger partial charge in [0.05, 0.1) is 19.3 Å². The van der Waals surface area contributed by atoms with E-state index >= 15 is 0 Å². The second kappa shape index (κ2) is 3.89. The van der Waals surface area contributed by atoms with Crippen molar-refractivity contribution >= 4 is 11.9 Å². The number of aliphatic hydroxyl groups is 1. The summed E-state index contributed by atoms with van der Waals surface area (Å²) in [7, 11) is 1.59. The Balaban J connectivity index is 2.23. The lowest BCUT2D eigenvalue weighted by molar-refractivity contribution is 0.217. The largest absolute Gasteiger partial charge is 0.394 e. The van der Waals surface area contributed by atoms with Crippen LogP contribution in [0.15, 0.2) is 6.20 Å². The first kappa shape index (κ1) is 10.6. The van der Waals surface area contributed by atoms with Gasteiger partial charge in [-0.2, -0.15) is 0 Å². The van der Waals surface area contributed by atoms with Crippen LogP contribution in [-0.4, -0.2) is 50.5 Å². The van der Waals surface area contributed by atoms with Crippen LogP contribution in [0.1, 0.15) is 11.7 Å². The molecule has 86 valence electrons. The number of urea groups is 1. The number of carbonyl (C=O) groups excluding carboxylic acids is 1. The fourth-order valence-corrected chi connectivity index (χ4v) is 1.58. The van der Waals surface area contributed by atoms with Gasteiger partial charge in [-0.3, -0.25) is 10.7 Å². The smallest absolute Gasteiger partial charge is 0.323 e. The molecule has 8 nitrogen and oxygen atoms in total. The Labute approximate surface area is 91.4 Å². The highest BCUT2D eigenvalue weighted by Gasteiger charge is 2.35. The van der Waals surface area contributed by atoms with Crippen molar-refractivity contribution in [1.29, 1.82) is 5.41 Å². The standard InChI is InChI=1S/C8H12N6O2/c1-13-6(7(9)10-8(13)16)5-4-14(2-3-15)12-11-5/h4,6,15H,2-3H2,1H3,(H2,9,10,16). The predicted molar refractivity (Wildman–Crippen MR) is 53.9 cm³/mol. The van der Waals surface area contributed by atoms with E-state index in [2.05, 4.69) is 15.6 Å². The van der Waals surface area contributed by atoms with Gasteiger partial charge in [0.2, 0.25) is 0 Å². The number of hydrogen-bond acceptors (Lipinski definition) is 5. The molecule has 1 unspecified atom stereocenters. The van der Waals surface area contributed by atoms with Gasteiger partial charge in [-0.15, -0.1) is 5.10 Å². The number of amides is 2. The highest BCUT2D eigenvalue weighted by atomic mass is 16.3. The van der Waals surface area contributed by atoms with E-state index in [0.717, 1.165) is 0 Å². The number of nitrogens with zero attached hydrogens (tertiary/aromatic N) is 4. The highest BCUT2D eigenvalue weighted by Crippen LogP contribution is 2.21. The summed E-state index contributed by atoms with van der Waals surface area (Å²) in [6.07, 6.45) is 1.62. The molecular formula is C8H12N6O2. The molecule has 0 saturated carbocycles. The molecule has 0 aromatic carbocycles. The number of aliphatic hydroxyl groups excluding tert-OH is 1. The summed E-state index contributed by atoms with van der Waals surface area (Å²) in [5.74, 6) is 0.0866. The Morgan fingerprint density at radius 1 is 1.69 bits per heavy atom. The average molecular weight is 224 g/mol. The molecule has 1 aliphatic rings. The second-order valence-corrected chi connectivity index (χ2v) is 3.49. The van der Waals surface area contributed by atoms with E-state index < -0.39 is 6.04 Å². The van der Waals surface area contributed by atoms with Crippen molar-refractivity contribution in [3.05, 3.63) is 11.9 Å². The van der Waals surface area contributed by atoms with Gasteiger partial charge >= 0.3 is 6.03 Å². The molecule has 0 spiro atoms. The maximum Gasteiger partial charge on any atom is 0.323 e. The average Bonchev–Trinajstić information content (AvgIpc) is 2.75. The lowest BCUT2D eigenvalue weighted by Crippen LogP contribution is -2.25. The zero-order chi connectivity index (χ0) is 11.7. The molecule has 0 radical (unpaired) electrons. The van der Waals surface area contributed by atoms with Gasteiger partial charge in [0.1, 0.15) is 17.6 Å². The van der Waals surface area contributed by atoms with E-state index in [9.17, 15) is 4.79 Å². The SMILES string of the molecule is CN1C(=O)NC(=N)C1c1cn(CCO)nn1. The van der Waals surface area contributed by atoms with Crippen LogP contribution in [0.25, 0.3) is 0 Å². The van der Waals surface area contributed by atoms with Crippen molar-refractivity contribution in [2.45, 2.75) is 12.6 Å². The number of amidine groups is 1. The second-order valence-electron chi connectivity index (χ2n) is 3.49. The summed E-state index contributed by atoms with van der Waals surface area (Å²) in [6.45, 7) is 0.316. The molecule has 1 fully saturated rings. The van der Waals surface area contributed by atoms with Crippen LogP contribution in [0.3, 0.4) is 0 Å². The fourth-order valence-electron chi connectivity index (χ4n) is 1.58. The highest BCUT2D eigenvalue weighted by molar-refractivity contribution is 6.05. The molecule has 16 heavy (non-hydrogen) atoms. The lowest BCUT2D eigenvalue weighted by atomic mass is 10.2. The molecule has 1 atom stereocenters. The zero-order valence-electron chi connectivity index (χ0n) is 8.71. The summed E-state index contributed by atoms with van der Waals surface area (Å²) in [5, 5.41) is 26.4. The third kappa shape index (κ3) is 1.63. The van der Waals surface area contributed by atoms with Crippen LogP contribution in [0.5, 0.6) is 0 Å². The Morgan fingerprint density at radius 3 is 3.00 bits per heavy atom. The van der Waals surface area contributed by atoms with Gasteiger partial charge in [0, 0.05) is 7.05 Å². The van der Waals surface area contributed by atoms with Gasteiger partial charge in [-0.05, 0) is 0 Å². The number of aromatic nitrogens is 3. The van der Waals surface area contributed by atoms with Gasteiger partial charge in [-0.25, -0.2) is 9.48 Å². The molecule has 1 aromatic rings. The van der Waals surface area contributed by atoms with E-state index in [1.54, 1.807) is 13.2 Å². The van der Waals surface area contributed by atoms with Gasteiger partial charge in [0.15, 0.2) is 0 Å². The number of carbonyl (C=O) groups is 1. The van der Waals surface area contributed by atoms with Crippen LogP contribution >= 0.6 is 0 Å². The molecule has 2 amide bonds. The van der Waals surface area contributed by atoms with Crippen molar-refractivity contribution in [2.75, 3.05) is 13.7 Å². The van der Waals surface area contributed by atoms with Crippen LogP contribution in [0.4, 0.5) is 4.79 Å². The fraction of sp³-hybridized carbons (Fsp3) is 0.500. The maximum absolute atomic E-state index is 11.3. The summed E-state index contributed by atoms with van der Waals surface area (Å²) >= 11 is 0. The Kier molecular flexibility index (Phi) is 2.57. The van der Waals surface area contributed by atoms with Crippen molar-refractivity contribution in [2.24, 2.45) is 0 Å². The van der Waals surface area contributed by atoms with E-state index in [-0.39, 0.29) is 18.5 Å². The summed E-state index contributed by atoms with van der Waals surface area (Å²) in [6, 6.07) is -0.841. The van der Waals surface area contributed by atoms with E-state index in [0.29, 0.717) is 12.2 Å². The Morgan fingerprint density at radius 2 is 2.44 bits per heavy atom. The summed E-state index contributed by atoms with van der Waals surface area (Å²) in [5.41, 5.74) is 0.513. The third-order valence-electron chi connectivity index (χ3n) is 2.39. The number of hydrogen-bond donors (Lipinski definition) is 3. The summed E-state index contributed by atoms with van der Waals surface area (Å²) < 4.78 is 1.47. The maximum atomic E-state index is 11.3. The first-order valence-electron chi connectivity index (χ1n) is 4.76. The van der Waals surface area contributed by atoms with E-state index in [1.807, 2.05) is 0 Å². The molecular weight excluding hydrogens is 212 g/mol. The van der Waals surface area contributed by atoms with Crippen molar-refractivity contribution in [3.8, 4) is 0 Å². The zero-order valence-corrected chi connectivity index (χ0v) is 8.71. The first-order chi connectivity index (χ1) is 7.63. The van der Waals surface area contributed by atoms with Gasteiger partial charge < -0.3 is 10.0 Å². The third-order valence-corrected chi connectivity index (χ3v) is 2.39. The first-order valence-corrected chi connectivity index (χ1v) is 4.76. The quantitative estimate of drug-likeness (QED) is 0.608. The molecule has 0 bridgehead atoms. The van der Waals surface area contributed by atoms with Crippen LogP contribution in [0, 0.1) is 5.41 Å². The topological polar surface area (TPSA) is 107 Å². The molecule has 2 rings (SSSR count). The number of rotatable bonds is 3. The normalized spacial score (nSPS) is 20.4. The molecule has 3 N–H and O–H groups in total. The minimum Gasteiger partial charge on any atom is -0.394 e.